The van der Waals surface area contributed by atoms with Gasteiger partial charge in [-0.25, -0.2) is 9.18 Å². The number of benzene rings is 2. The van der Waals surface area contributed by atoms with Crippen LogP contribution in [-0.4, -0.2) is 61.5 Å². The molecule has 3 aliphatic rings. The zero-order valence-corrected chi connectivity index (χ0v) is 23.1. The van der Waals surface area contributed by atoms with Crippen molar-refractivity contribution in [2.24, 2.45) is 0 Å². The Balaban J connectivity index is 1.48. The van der Waals surface area contributed by atoms with Gasteiger partial charge in [-0.3, -0.25) is 19.3 Å². The fourth-order valence-electron chi connectivity index (χ4n) is 6.02. The Morgan fingerprint density at radius 1 is 1.07 bits per heavy atom. The Morgan fingerprint density at radius 3 is 2.76 bits per heavy atom. The minimum atomic E-state index is -0.998. The SMILES string of the molecule is COC(=O)OCOc1c2n(ccc1=O)N([C@H]1c3ccccc3-c3sccc3-c3c(F)cccc31)[C@@H]1COCCN1C2=O. The summed E-state index contributed by atoms with van der Waals surface area (Å²) < 4.78 is 38.2. The number of thiophene rings is 1. The smallest absolute Gasteiger partial charge is 0.451 e. The molecular formula is C30H24FN3O7S. The van der Waals surface area contributed by atoms with E-state index < -0.39 is 36.5 Å². The third kappa shape index (κ3) is 3.97. The van der Waals surface area contributed by atoms with E-state index in [9.17, 15) is 14.4 Å². The lowest BCUT2D eigenvalue weighted by molar-refractivity contribution is -0.0208. The van der Waals surface area contributed by atoms with Crippen molar-refractivity contribution in [1.82, 2.24) is 9.58 Å². The van der Waals surface area contributed by atoms with Crippen LogP contribution in [0.15, 0.2) is 71.0 Å². The average Bonchev–Trinajstić information content (AvgIpc) is 3.45. The van der Waals surface area contributed by atoms with Gasteiger partial charge in [-0.15, -0.1) is 11.3 Å². The monoisotopic (exact) mass is 589 g/mol. The summed E-state index contributed by atoms with van der Waals surface area (Å²) in [6.45, 7) is 0.112. The van der Waals surface area contributed by atoms with Crippen molar-refractivity contribution < 1.29 is 32.9 Å². The summed E-state index contributed by atoms with van der Waals surface area (Å²) in [6.07, 6.45) is -0.0781. The third-order valence-electron chi connectivity index (χ3n) is 7.74. The topological polar surface area (TPSA) is 99.5 Å². The van der Waals surface area contributed by atoms with Crippen molar-refractivity contribution in [2.75, 3.05) is 38.7 Å². The number of aromatic nitrogens is 1. The summed E-state index contributed by atoms with van der Waals surface area (Å²) in [5.74, 6) is -1.08. The lowest BCUT2D eigenvalue weighted by Crippen LogP contribution is -2.66. The maximum absolute atomic E-state index is 15.8. The number of hydrogen-bond acceptors (Lipinski definition) is 9. The Morgan fingerprint density at radius 2 is 1.90 bits per heavy atom. The molecule has 1 amide bonds. The highest BCUT2D eigenvalue weighted by Crippen LogP contribution is 2.50. The molecule has 2 atom stereocenters. The first-order chi connectivity index (χ1) is 20.5. The van der Waals surface area contributed by atoms with Crippen molar-refractivity contribution in [3.8, 4) is 27.3 Å². The van der Waals surface area contributed by atoms with Crippen LogP contribution in [0.1, 0.15) is 27.7 Å². The quantitative estimate of drug-likeness (QED) is 0.256. The van der Waals surface area contributed by atoms with Gasteiger partial charge in [0.2, 0.25) is 18.0 Å². The number of methoxy groups -OCH3 is 1. The number of halogens is 1. The molecule has 0 unspecified atom stereocenters. The van der Waals surface area contributed by atoms with Crippen LogP contribution >= 0.6 is 11.3 Å². The molecule has 2 aliphatic heterocycles. The highest BCUT2D eigenvalue weighted by Gasteiger charge is 2.46. The highest BCUT2D eigenvalue weighted by molar-refractivity contribution is 7.14. The molecule has 214 valence electrons. The number of morpholine rings is 1. The van der Waals surface area contributed by atoms with E-state index in [1.807, 2.05) is 46.8 Å². The number of pyridine rings is 1. The molecule has 2 aromatic carbocycles. The summed E-state index contributed by atoms with van der Waals surface area (Å²) in [6, 6.07) is 15.5. The van der Waals surface area contributed by atoms with Gasteiger partial charge in [0.15, 0.2) is 5.69 Å². The number of hydrogen-bond donors (Lipinski definition) is 0. The minimum absolute atomic E-state index is 0.0384. The first-order valence-electron chi connectivity index (χ1n) is 13.2. The summed E-state index contributed by atoms with van der Waals surface area (Å²) in [7, 11) is 1.14. The van der Waals surface area contributed by atoms with E-state index in [1.165, 1.54) is 29.7 Å². The molecule has 7 rings (SSSR count). The van der Waals surface area contributed by atoms with Gasteiger partial charge in [-0.1, -0.05) is 36.4 Å². The predicted molar refractivity (Wildman–Crippen MR) is 151 cm³/mol. The number of rotatable bonds is 4. The van der Waals surface area contributed by atoms with Crippen LogP contribution in [0.25, 0.3) is 21.6 Å². The van der Waals surface area contributed by atoms with E-state index in [4.69, 9.17) is 14.2 Å². The van der Waals surface area contributed by atoms with Gasteiger partial charge in [0.1, 0.15) is 12.0 Å². The van der Waals surface area contributed by atoms with Gasteiger partial charge in [0, 0.05) is 34.8 Å². The average molecular weight is 590 g/mol. The third-order valence-corrected chi connectivity index (χ3v) is 8.69. The summed E-state index contributed by atoms with van der Waals surface area (Å²) in [4.78, 5) is 41.1. The maximum atomic E-state index is 15.8. The summed E-state index contributed by atoms with van der Waals surface area (Å²) in [5, 5.41) is 3.89. The Labute approximate surface area is 243 Å². The van der Waals surface area contributed by atoms with Crippen molar-refractivity contribution >= 4 is 23.4 Å². The van der Waals surface area contributed by atoms with Crippen LogP contribution in [-0.2, 0) is 14.2 Å². The zero-order valence-electron chi connectivity index (χ0n) is 22.3. The molecule has 0 radical (unpaired) electrons. The zero-order chi connectivity index (χ0) is 29.0. The number of nitrogens with zero attached hydrogens (tertiary/aromatic N) is 3. The number of amides is 1. The normalized spacial score (nSPS) is 18.6. The Bertz CT molecular complexity index is 1790. The van der Waals surface area contributed by atoms with Crippen LogP contribution < -0.4 is 15.2 Å². The molecule has 4 aromatic rings. The molecule has 0 N–H and O–H groups in total. The van der Waals surface area contributed by atoms with E-state index in [0.717, 1.165) is 28.7 Å². The summed E-state index contributed by atoms with van der Waals surface area (Å²) in [5.41, 5.74) is 3.19. The van der Waals surface area contributed by atoms with E-state index >= 15 is 4.39 Å². The lowest BCUT2D eigenvalue weighted by Gasteiger charge is -2.51. The van der Waals surface area contributed by atoms with Gasteiger partial charge in [0.25, 0.3) is 5.91 Å². The fourth-order valence-corrected chi connectivity index (χ4v) is 6.97. The molecule has 0 saturated carbocycles. The molecule has 42 heavy (non-hydrogen) atoms. The molecule has 2 aromatic heterocycles. The van der Waals surface area contributed by atoms with Crippen LogP contribution in [0.4, 0.5) is 9.18 Å². The lowest BCUT2D eigenvalue weighted by atomic mass is 9.92. The van der Waals surface area contributed by atoms with Crippen LogP contribution in [0.5, 0.6) is 5.75 Å². The van der Waals surface area contributed by atoms with Gasteiger partial charge in [0.05, 0.1) is 26.4 Å². The van der Waals surface area contributed by atoms with E-state index in [0.29, 0.717) is 17.7 Å². The maximum Gasteiger partial charge on any atom is 0.510 e. The molecule has 1 fully saturated rings. The molecule has 0 bridgehead atoms. The molecular weight excluding hydrogens is 565 g/mol. The van der Waals surface area contributed by atoms with E-state index in [2.05, 4.69) is 4.74 Å². The van der Waals surface area contributed by atoms with E-state index in [1.54, 1.807) is 15.6 Å². The molecule has 10 nitrogen and oxygen atoms in total. The highest BCUT2D eigenvalue weighted by atomic mass is 32.1. The predicted octanol–water partition coefficient (Wildman–Crippen LogP) is 4.36. The second-order valence-electron chi connectivity index (χ2n) is 9.85. The summed E-state index contributed by atoms with van der Waals surface area (Å²) >= 11 is 1.53. The van der Waals surface area contributed by atoms with Crippen molar-refractivity contribution in [3.63, 3.8) is 0 Å². The molecule has 12 heteroatoms. The molecule has 1 aliphatic carbocycles. The molecule has 4 heterocycles. The standard InChI is InChI=1S/C30H24FN3O7S/c1-38-30(37)41-16-40-27-22(35)9-11-33-26(27)29(36)32-12-13-39-15-23(32)34(33)25-17-5-2-3-6-18(17)28-20(10-14-42-28)24-19(25)7-4-8-21(24)31/h2-11,14,23,25H,12-13,15-16H2,1H3/t23-,25+/m1/s1. The van der Waals surface area contributed by atoms with Crippen LogP contribution in [0, 0.1) is 5.82 Å². The van der Waals surface area contributed by atoms with E-state index in [-0.39, 0.29) is 30.4 Å². The Hall–Kier alpha value is -4.68. The first kappa shape index (κ1) is 26.2. The second-order valence-corrected chi connectivity index (χ2v) is 10.8. The Kier molecular flexibility index (Phi) is 6.43. The van der Waals surface area contributed by atoms with Crippen LogP contribution in [0.3, 0.4) is 0 Å². The van der Waals surface area contributed by atoms with Gasteiger partial charge < -0.3 is 23.8 Å². The van der Waals surface area contributed by atoms with Gasteiger partial charge in [-0.05, 0) is 34.2 Å². The number of carbonyl (C=O) groups excluding carboxylic acids is 2. The number of fused-ring (bicyclic) bond motifs is 7. The van der Waals surface area contributed by atoms with Gasteiger partial charge >= 0.3 is 6.16 Å². The minimum Gasteiger partial charge on any atom is -0.451 e. The second kappa shape index (κ2) is 10.3. The molecule has 1 saturated heterocycles. The van der Waals surface area contributed by atoms with Crippen molar-refractivity contribution in [2.45, 2.75) is 12.2 Å². The molecule has 0 spiro atoms. The van der Waals surface area contributed by atoms with Gasteiger partial charge in [-0.2, -0.15) is 0 Å². The van der Waals surface area contributed by atoms with Crippen molar-refractivity contribution in [3.05, 3.63) is 99.0 Å². The number of carbonyl (C=O) groups is 2. The fraction of sp³-hybridized carbons (Fsp3) is 0.233. The number of ether oxygens (including phenoxy) is 4. The first-order valence-corrected chi connectivity index (χ1v) is 14.1. The largest absolute Gasteiger partial charge is 0.510 e. The van der Waals surface area contributed by atoms with Crippen LogP contribution in [0.2, 0.25) is 0 Å². The van der Waals surface area contributed by atoms with Crippen molar-refractivity contribution in [1.29, 1.82) is 0 Å².